The molecule has 0 saturated carbocycles. The lowest BCUT2D eigenvalue weighted by Crippen LogP contribution is -2.52. The van der Waals surface area contributed by atoms with Gasteiger partial charge in [0.15, 0.2) is 0 Å². The highest BCUT2D eigenvalue weighted by molar-refractivity contribution is 9.10. The Morgan fingerprint density at radius 2 is 2.26 bits per heavy atom. The third kappa shape index (κ3) is 3.30. The van der Waals surface area contributed by atoms with Gasteiger partial charge in [-0.2, -0.15) is 0 Å². The minimum Gasteiger partial charge on any atom is -0.396 e. The van der Waals surface area contributed by atoms with Crippen LogP contribution in [-0.4, -0.2) is 36.4 Å². The number of nitrogens with one attached hydrogen (secondary N) is 1. The summed E-state index contributed by atoms with van der Waals surface area (Å²) < 4.78 is 5.58. The number of ether oxygens (including phenoxy) is 1. The molecular weight excluding hydrogens is 316 g/mol. The summed E-state index contributed by atoms with van der Waals surface area (Å²) in [6.45, 7) is 2.34. The number of nitrogens with zero attached hydrogens (tertiary/aromatic N) is 1. The van der Waals surface area contributed by atoms with Gasteiger partial charge in [0, 0.05) is 19.2 Å². The first-order valence-corrected chi connectivity index (χ1v) is 6.68. The first kappa shape index (κ1) is 14.4. The minimum atomic E-state index is -0.414. The van der Waals surface area contributed by atoms with Crippen LogP contribution >= 0.6 is 15.9 Å². The van der Waals surface area contributed by atoms with Crippen LogP contribution in [0.5, 0.6) is 0 Å². The van der Waals surface area contributed by atoms with Gasteiger partial charge < -0.3 is 15.2 Å². The maximum Gasteiger partial charge on any atom is 0.283 e. The first-order valence-electron chi connectivity index (χ1n) is 5.88. The van der Waals surface area contributed by atoms with Crippen LogP contribution in [0.25, 0.3) is 0 Å². The Bertz CT molecular complexity index is 471. The average Bonchev–Trinajstić information content (AvgIpc) is 2.34. The van der Waals surface area contributed by atoms with E-state index in [4.69, 9.17) is 4.74 Å². The van der Waals surface area contributed by atoms with E-state index in [1.54, 1.807) is 12.1 Å². The number of aliphatic hydroxyl groups excluding tert-OH is 1. The molecule has 0 unspecified atom stereocenters. The summed E-state index contributed by atoms with van der Waals surface area (Å²) in [7, 11) is 0. The normalized spacial score (nSPS) is 16.9. The molecule has 6 nitrogen and oxygen atoms in total. The zero-order valence-corrected chi connectivity index (χ0v) is 11.9. The van der Waals surface area contributed by atoms with E-state index in [9.17, 15) is 15.2 Å². The van der Waals surface area contributed by atoms with E-state index in [1.807, 2.05) is 6.07 Å². The van der Waals surface area contributed by atoms with Crippen molar-refractivity contribution in [1.29, 1.82) is 0 Å². The topological polar surface area (TPSA) is 84.6 Å². The standard InChI is InChI=1S/C12H15BrN2O4/c13-10-2-1-9(3-11(10)15(17)18)4-14-5-12(6-16)7-19-8-12/h1-3,14,16H,4-8H2. The maximum absolute atomic E-state index is 10.8. The van der Waals surface area contributed by atoms with Gasteiger partial charge in [-0.3, -0.25) is 10.1 Å². The summed E-state index contributed by atoms with van der Waals surface area (Å²) >= 11 is 3.15. The number of benzene rings is 1. The van der Waals surface area contributed by atoms with Crippen molar-refractivity contribution in [3.63, 3.8) is 0 Å². The molecule has 19 heavy (non-hydrogen) atoms. The zero-order chi connectivity index (χ0) is 13.9. The van der Waals surface area contributed by atoms with E-state index in [2.05, 4.69) is 21.2 Å². The number of aliphatic hydroxyl groups is 1. The third-order valence-electron chi connectivity index (χ3n) is 3.19. The van der Waals surface area contributed by atoms with Crippen LogP contribution in [0.1, 0.15) is 5.56 Å². The molecule has 7 heteroatoms. The lowest BCUT2D eigenvalue weighted by Gasteiger charge is -2.40. The monoisotopic (exact) mass is 330 g/mol. The summed E-state index contributed by atoms with van der Waals surface area (Å²) in [5.41, 5.74) is 0.702. The van der Waals surface area contributed by atoms with E-state index in [1.165, 1.54) is 0 Å². The Kier molecular flexibility index (Phi) is 4.51. The van der Waals surface area contributed by atoms with Crippen molar-refractivity contribution < 1.29 is 14.8 Å². The largest absolute Gasteiger partial charge is 0.396 e. The summed E-state index contributed by atoms with van der Waals surface area (Å²) in [5, 5.41) is 23.3. The lowest BCUT2D eigenvalue weighted by atomic mass is 9.87. The predicted octanol–water partition coefficient (Wildman–Crippen LogP) is 1.46. The van der Waals surface area contributed by atoms with Gasteiger partial charge in [0.1, 0.15) is 0 Å². The van der Waals surface area contributed by atoms with Gasteiger partial charge in [-0.1, -0.05) is 6.07 Å². The fourth-order valence-corrected chi connectivity index (χ4v) is 2.31. The van der Waals surface area contributed by atoms with Crippen molar-refractivity contribution in [2.24, 2.45) is 5.41 Å². The SMILES string of the molecule is O=[N+]([O-])c1cc(CNCC2(CO)COC2)ccc1Br. The highest BCUT2D eigenvalue weighted by Gasteiger charge is 2.37. The van der Waals surface area contributed by atoms with Crippen molar-refractivity contribution in [3.8, 4) is 0 Å². The lowest BCUT2D eigenvalue weighted by molar-refractivity contribution is -0.385. The Morgan fingerprint density at radius 3 is 2.79 bits per heavy atom. The summed E-state index contributed by atoms with van der Waals surface area (Å²) in [6.07, 6.45) is 0. The number of nitro groups is 1. The predicted molar refractivity (Wildman–Crippen MR) is 72.8 cm³/mol. The molecule has 0 aromatic heterocycles. The molecule has 1 aliphatic heterocycles. The van der Waals surface area contributed by atoms with E-state index in [0.717, 1.165) is 5.56 Å². The Hall–Kier alpha value is -1.02. The summed E-state index contributed by atoms with van der Waals surface area (Å²) in [5.74, 6) is 0. The third-order valence-corrected chi connectivity index (χ3v) is 3.86. The molecule has 1 aromatic carbocycles. The number of hydrogen-bond acceptors (Lipinski definition) is 5. The van der Waals surface area contributed by atoms with E-state index in [0.29, 0.717) is 30.8 Å². The van der Waals surface area contributed by atoms with Crippen molar-refractivity contribution in [1.82, 2.24) is 5.32 Å². The molecule has 1 heterocycles. The molecule has 104 valence electrons. The fourth-order valence-electron chi connectivity index (χ4n) is 1.92. The Morgan fingerprint density at radius 1 is 1.53 bits per heavy atom. The quantitative estimate of drug-likeness (QED) is 0.609. The molecule has 2 N–H and O–H groups in total. The van der Waals surface area contributed by atoms with Crippen molar-refractivity contribution in [2.45, 2.75) is 6.54 Å². The van der Waals surface area contributed by atoms with Crippen LogP contribution in [0.3, 0.4) is 0 Å². The first-order chi connectivity index (χ1) is 9.06. The molecule has 0 radical (unpaired) electrons. The molecule has 0 spiro atoms. The molecule has 1 aromatic rings. The molecular formula is C12H15BrN2O4. The van der Waals surface area contributed by atoms with Gasteiger partial charge in [0.25, 0.3) is 5.69 Å². The number of nitro benzene ring substituents is 1. The van der Waals surface area contributed by atoms with Crippen LogP contribution in [0.2, 0.25) is 0 Å². The molecule has 2 rings (SSSR count). The Balaban J connectivity index is 1.93. The maximum atomic E-state index is 10.8. The van der Waals surface area contributed by atoms with Crippen LogP contribution in [0.15, 0.2) is 22.7 Å². The highest BCUT2D eigenvalue weighted by atomic mass is 79.9. The molecule has 0 atom stereocenters. The van der Waals surface area contributed by atoms with Gasteiger partial charge in [-0.25, -0.2) is 0 Å². The van der Waals surface area contributed by atoms with Crippen LogP contribution in [0, 0.1) is 15.5 Å². The number of halogens is 1. The molecule has 1 saturated heterocycles. The van der Waals surface area contributed by atoms with Gasteiger partial charge in [-0.15, -0.1) is 0 Å². The second kappa shape index (κ2) is 5.96. The highest BCUT2D eigenvalue weighted by Crippen LogP contribution is 2.27. The number of hydrogen-bond donors (Lipinski definition) is 2. The van der Waals surface area contributed by atoms with Gasteiger partial charge in [0.05, 0.1) is 34.6 Å². The van der Waals surface area contributed by atoms with Gasteiger partial charge in [0.2, 0.25) is 0 Å². The second-order valence-corrected chi connectivity index (χ2v) is 5.65. The van der Waals surface area contributed by atoms with Crippen molar-refractivity contribution in [2.75, 3.05) is 26.4 Å². The summed E-state index contributed by atoms with van der Waals surface area (Å²) in [6, 6.07) is 5.04. The number of rotatable bonds is 6. The molecule has 1 fully saturated rings. The zero-order valence-electron chi connectivity index (χ0n) is 10.3. The molecule has 0 amide bonds. The fraction of sp³-hybridized carbons (Fsp3) is 0.500. The molecule has 0 aliphatic carbocycles. The van der Waals surface area contributed by atoms with Gasteiger partial charge >= 0.3 is 0 Å². The van der Waals surface area contributed by atoms with Gasteiger partial charge in [-0.05, 0) is 27.6 Å². The van der Waals surface area contributed by atoms with Crippen LogP contribution in [0.4, 0.5) is 5.69 Å². The van der Waals surface area contributed by atoms with E-state index < -0.39 is 4.92 Å². The van der Waals surface area contributed by atoms with Crippen molar-refractivity contribution >= 4 is 21.6 Å². The Labute approximate surface area is 119 Å². The smallest absolute Gasteiger partial charge is 0.283 e. The minimum absolute atomic E-state index is 0.0585. The molecule has 1 aliphatic rings. The summed E-state index contributed by atoms with van der Waals surface area (Å²) in [4.78, 5) is 10.4. The van der Waals surface area contributed by atoms with Crippen LogP contribution in [-0.2, 0) is 11.3 Å². The average molecular weight is 331 g/mol. The van der Waals surface area contributed by atoms with Crippen LogP contribution < -0.4 is 5.32 Å². The second-order valence-electron chi connectivity index (χ2n) is 4.80. The van der Waals surface area contributed by atoms with E-state index in [-0.39, 0.29) is 17.7 Å². The molecule has 0 bridgehead atoms. The van der Waals surface area contributed by atoms with Crippen molar-refractivity contribution in [3.05, 3.63) is 38.3 Å². The van der Waals surface area contributed by atoms with E-state index >= 15 is 0 Å².